The van der Waals surface area contributed by atoms with E-state index in [2.05, 4.69) is 52.9 Å². The Labute approximate surface area is 163 Å². The summed E-state index contributed by atoms with van der Waals surface area (Å²) in [5.74, 6) is 0. The molecule has 8 nitrogen and oxygen atoms in total. The monoisotopic (exact) mass is 382 g/mol. The Bertz CT molecular complexity index is 1140. The van der Waals surface area contributed by atoms with E-state index in [9.17, 15) is 9.59 Å². The van der Waals surface area contributed by atoms with Crippen molar-refractivity contribution in [1.82, 2.24) is 23.6 Å². The molecule has 0 amide bonds. The van der Waals surface area contributed by atoms with Crippen LogP contribution in [0.1, 0.15) is 12.5 Å². The second kappa shape index (κ2) is 6.94. The van der Waals surface area contributed by atoms with Crippen molar-refractivity contribution >= 4 is 16.9 Å². The highest BCUT2D eigenvalue weighted by molar-refractivity contribution is 5.69. The van der Waals surface area contributed by atoms with Gasteiger partial charge in [0.25, 0.3) is 5.56 Å². The first-order valence-electron chi connectivity index (χ1n) is 9.53. The first kappa shape index (κ1) is 18.5. The summed E-state index contributed by atoms with van der Waals surface area (Å²) in [5.41, 5.74) is 2.76. The molecule has 1 unspecified atom stereocenters. The molecule has 1 aliphatic heterocycles. The van der Waals surface area contributed by atoms with E-state index in [-0.39, 0.29) is 11.2 Å². The van der Waals surface area contributed by atoms with Gasteiger partial charge in [-0.3, -0.25) is 18.8 Å². The minimum atomic E-state index is -0.358. The van der Waals surface area contributed by atoms with Gasteiger partial charge in [0.05, 0.1) is 13.0 Å². The van der Waals surface area contributed by atoms with E-state index in [1.165, 1.54) is 22.9 Å². The smallest absolute Gasteiger partial charge is 0.332 e. The Hall–Kier alpha value is -2.87. The predicted molar refractivity (Wildman–Crippen MR) is 110 cm³/mol. The second-order valence-corrected chi connectivity index (χ2v) is 7.69. The van der Waals surface area contributed by atoms with Gasteiger partial charge in [-0.25, -0.2) is 9.78 Å². The van der Waals surface area contributed by atoms with Crippen molar-refractivity contribution in [2.24, 2.45) is 14.1 Å². The number of aryl methyl sites for hydroxylation is 2. The zero-order valence-electron chi connectivity index (χ0n) is 16.8. The maximum atomic E-state index is 12.6. The van der Waals surface area contributed by atoms with Gasteiger partial charge in [-0.2, -0.15) is 0 Å². The minimum Gasteiger partial charge on any atom is -0.366 e. The maximum absolute atomic E-state index is 12.6. The van der Waals surface area contributed by atoms with Gasteiger partial charge in [0.1, 0.15) is 0 Å². The van der Waals surface area contributed by atoms with Crippen molar-refractivity contribution in [1.29, 1.82) is 0 Å². The number of hydrogen-bond donors (Lipinski definition) is 0. The molecule has 1 fully saturated rings. The number of anilines is 1. The molecule has 0 N–H and O–H groups in total. The lowest BCUT2D eigenvalue weighted by Gasteiger charge is -2.41. The molecular formula is C20H26N6O2. The topological polar surface area (TPSA) is 68.3 Å². The summed E-state index contributed by atoms with van der Waals surface area (Å²) in [4.78, 5) is 33.8. The number of piperazine rings is 1. The zero-order chi connectivity index (χ0) is 20.0. The van der Waals surface area contributed by atoms with Crippen LogP contribution in [0.2, 0.25) is 0 Å². The average molecular weight is 382 g/mol. The van der Waals surface area contributed by atoms with Gasteiger partial charge in [-0.05, 0) is 31.5 Å². The third-order valence-corrected chi connectivity index (χ3v) is 5.61. The van der Waals surface area contributed by atoms with Gasteiger partial charge in [0.2, 0.25) is 0 Å². The highest BCUT2D eigenvalue weighted by Crippen LogP contribution is 2.22. The molecule has 1 saturated heterocycles. The number of imidazole rings is 1. The number of rotatable bonds is 3. The Balaban J connectivity index is 1.57. The van der Waals surface area contributed by atoms with Gasteiger partial charge in [-0.1, -0.05) is 12.1 Å². The molecule has 28 heavy (non-hydrogen) atoms. The summed E-state index contributed by atoms with van der Waals surface area (Å²) in [6.07, 6.45) is 1.66. The number of aromatic nitrogens is 4. The largest absolute Gasteiger partial charge is 0.366 e. The molecule has 4 rings (SSSR count). The Morgan fingerprint density at radius 1 is 1.14 bits per heavy atom. The lowest BCUT2D eigenvalue weighted by molar-refractivity contribution is 0.185. The fraction of sp³-hybridized carbons (Fsp3) is 0.450. The Kier molecular flexibility index (Phi) is 4.58. The van der Waals surface area contributed by atoms with Crippen LogP contribution in [0.15, 0.2) is 40.2 Å². The van der Waals surface area contributed by atoms with Crippen molar-refractivity contribution in [2.45, 2.75) is 26.6 Å². The summed E-state index contributed by atoms with van der Waals surface area (Å²) < 4.78 is 4.41. The first-order chi connectivity index (χ1) is 13.4. The normalized spacial score (nSPS) is 18.1. The van der Waals surface area contributed by atoms with Crippen LogP contribution in [0.25, 0.3) is 11.2 Å². The van der Waals surface area contributed by atoms with Crippen LogP contribution in [0.5, 0.6) is 0 Å². The lowest BCUT2D eigenvalue weighted by Crippen LogP contribution is -2.52. The van der Waals surface area contributed by atoms with Crippen molar-refractivity contribution < 1.29 is 0 Å². The van der Waals surface area contributed by atoms with Crippen LogP contribution < -0.4 is 16.1 Å². The van der Waals surface area contributed by atoms with Gasteiger partial charge in [0, 0.05) is 45.5 Å². The highest BCUT2D eigenvalue weighted by atomic mass is 16.2. The van der Waals surface area contributed by atoms with Crippen LogP contribution in [0.4, 0.5) is 5.69 Å². The second-order valence-electron chi connectivity index (χ2n) is 7.69. The van der Waals surface area contributed by atoms with Gasteiger partial charge < -0.3 is 9.47 Å². The highest BCUT2D eigenvalue weighted by Gasteiger charge is 2.25. The fourth-order valence-corrected chi connectivity index (χ4v) is 4.07. The lowest BCUT2D eigenvalue weighted by atomic mass is 10.1. The molecule has 2 aromatic heterocycles. The van der Waals surface area contributed by atoms with Gasteiger partial charge in [-0.15, -0.1) is 0 Å². The van der Waals surface area contributed by atoms with Crippen molar-refractivity contribution in [2.75, 3.05) is 24.5 Å². The Morgan fingerprint density at radius 3 is 2.64 bits per heavy atom. The quantitative estimate of drug-likeness (QED) is 0.674. The van der Waals surface area contributed by atoms with Crippen molar-refractivity contribution in [3.05, 3.63) is 57.0 Å². The SMILES string of the molecule is Cc1cccc(N2CCN(Cn3cnc4c3c(=O)n(C)c(=O)n4C)CC2C)c1. The minimum absolute atomic E-state index is 0.304. The Morgan fingerprint density at radius 2 is 1.93 bits per heavy atom. The van der Waals surface area contributed by atoms with Crippen molar-refractivity contribution in [3.63, 3.8) is 0 Å². The van der Waals surface area contributed by atoms with E-state index >= 15 is 0 Å². The first-order valence-corrected chi connectivity index (χ1v) is 9.53. The molecule has 0 spiro atoms. The standard InChI is InChI=1S/C20H26N6O2/c1-14-6-5-7-16(10-14)26-9-8-24(11-15(26)2)13-25-12-21-18-17(25)19(27)23(4)20(28)22(18)3/h5-7,10,12,15H,8-9,11,13H2,1-4H3. The van der Waals surface area contributed by atoms with E-state index in [1.807, 2.05) is 4.57 Å². The summed E-state index contributed by atoms with van der Waals surface area (Å²) in [6, 6.07) is 8.95. The molecule has 0 aliphatic carbocycles. The third-order valence-electron chi connectivity index (χ3n) is 5.61. The average Bonchev–Trinajstić information content (AvgIpc) is 3.08. The molecule has 148 valence electrons. The maximum Gasteiger partial charge on any atom is 0.332 e. The van der Waals surface area contributed by atoms with E-state index in [4.69, 9.17) is 0 Å². The fourth-order valence-electron chi connectivity index (χ4n) is 4.07. The molecule has 0 bridgehead atoms. The summed E-state index contributed by atoms with van der Waals surface area (Å²) in [6.45, 7) is 7.62. The van der Waals surface area contributed by atoms with E-state index < -0.39 is 0 Å². The molecule has 0 radical (unpaired) electrons. The molecule has 3 aromatic rings. The van der Waals surface area contributed by atoms with Crippen LogP contribution in [-0.4, -0.2) is 49.3 Å². The number of hydrogen-bond acceptors (Lipinski definition) is 5. The molecular weight excluding hydrogens is 356 g/mol. The number of nitrogens with zero attached hydrogens (tertiary/aromatic N) is 6. The molecule has 8 heteroatoms. The number of benzene rings is 1. The van der Waals surface area contributed by atoms with Crippen molar-refractivity contribution in [3.8, 4) is 0 Å². The summed E-state index contributed by atoms with van der Waals surface area (Å²) >= 11 is 0. The van der Waals surface area contributed by atoms with Crippen LogP contribution in [0, 0.1) is 6.92 Å². The molecule has 0 saturated carbocycles. The zero-order valence-corrected chi connectivity index (χ0v) is 16.8. The van der Waals surface area contributed by atoms with Crippen LogP contribution in [0.3, 0.4) is 0 Å². The molecule has 3 heterocycles. The van der Waals surface area contributed by atoms with Gasteiger partial charge in [0.15, 0.2) is 11.2 Å². The number of fused-ring (bicyclic) bond motifs is 1. The van der Waals surface area contributed by atoms with E-state index in [0.29, 0.717) is 23.9 Å². The van der Waals surface area contributed by atoms with Gasteiger partial charge >= 0.3 is 5.69 Å². The van der Waals surface area contributed by atoms with Crippen LogP contribution >= 0.6 is 0 Å². The molecule has 1 atom stereocenters. The van der Waals surface area contributed by atoms with E-state index in [0.717, 1.165) is 24.2 Å². The molecule has 1 aliphatic rings. The third kappa shape index (κ3) is 3.03. The predicted octanol–water partition coefficient (Wildman–Crippen LogP) is 0.910. The summed E-state index contributed by atoms with van der Waals surface area (Å²) in [5, 5.41) is 0. The van der Waals surface area contributed by atoms with Crippen LogP contribution in [-0.2, 0) is 20.8 Å². The van der Waals surface area contributed by atoms with E-state index in [1.54, 1.807) is 13.4 Å². The molecule has 1 aromatic carbocycles. The summed E-state index contributed by atoms with van der Waals surface area (Å²) in [7, 11) is 3.15.